The first kappa shape index (κ1) is 22.6. The summed E-state index contributed by atoms with van der Waals surface area (Å²) in [5.41, 5.74) is -0.0558. The van der Waals surface area contributed by atoms with E-state index in [9.17, 15) is 9.90 Å². The average molecular weight is 389 g/mol. The molecule has 1 aromatic rings. The molecule has 1 fully saturated rings. The van der Waals surface area contributed by atoms with Crippen LogP contribution >= 0.6 is 0 Å². The maximum Gasteiger partial charge on any atom is 0.410 e. The van der Waals surface area contributed by atoms with Crippen molar-refractivity contribution in [3.8, 4) is 0 Å². The SMILES string of the molecule is CC(C)(C)OC(=O)N1CCN(c2ccc([B]OC(C)(C)C(C)(C)O)cc2)CC1. The van der Waals surface area contributed by atoms with Crippen LogP contribution in [0.1, 0.15) is 48.5 Å². The minimum absolute atomic E-state index is 0.247. The van der Waals surface area contributed by atoms with Gasteiger partial charge in [-0.1, -0.05) is 17.6 Å². The highest BCUT2D eigenvalue weighted by molar-refractivity contribution is 6.47. The van der Waals surface area contributed by atoms with Gasteiger partial charge in [0.15, 0.2) is 0 Å². The number of hydrogen-bond acceptors (Lipinski definition) is 5. The molecule has 2 rings (SSSR count). The molecule has 6 nitrogen and oxygen atoms in total. The van der Waals surface area contributed by atoms with E-state index in [0.29, 0.717) is 13.1 Å². The Bertz CT molecular complexity index is 654. The molecular weight excluding hydrogens is 355 g/mol. The van der Waals surface area contributed by atoms with Crippen molar-refractivity contribution in [2.24, 2.45) is 0 Å². The highest BCUT2D eigenvalue weighted by Gasteiger charge is 2.35. The Morgan fingerprint density at radius 3 is 1.96 bits per heavy atom. The fraction of sp³-hybridized carbons (Fsp3) is 0.667. The van der Waals surface area contributed by atoms with Gasteiger partial charge < -0.3 is 24.3 Å². The largest absolute Gasteiger partial charge is 0.444 e. The smallest absolute Gasteiger partial charge is 0.410 e. The number of amides is 1. The molecule has 7 heteroatoms. The minimum Gasteiger partial charge on any atom is -0.444 e. The standard InChI is InChI=1S/C21H34BN2O4/c1-19(2,3)27-18(25)24-14-12-23(13-15-24)17-10-8-16(9-11-17)22-28-21(6,7)20(4,5)26/h8-11,26H,12-15H2,1-7H3. The molecule has 155 valence electrons. The number of nitrogens with zero attached hydrogens (tertiary/aromatic N) is 2. The van der Waals surface area contributed by atoms with E-state index >= 15 is 0 Å². The minimum atomic E-state index is -0.947. The molecular formula is C21H34BN2O4. The van der Waals surface area contributed by atoms with Crippen molar-refractivity contribution in [2.75, 3.05) is 31.1 Å². The van der Waals surface area contributed by atoms with Crippen molar-refractivity contribution in [3.05, 3.63) is 24.3 Å². The molecule has 1 N–H and O–H groups in total. The highest BCUT2D eigenvalue weighted by atomic mass is 16.6. The number of hydrogen-bond donors (Lipinski definition) is 1. The number of ether oxygens (including phenoxy) is 1. The van der Waals surface area contributed by atoms with Gasteiger partial charge in [0.2, 0.25) is 0 Å². The lowest BCUT2D eigenvalue weighted by molar-refractivity contribution is -0.0893. The van der Waals surface area contributed by atoms with Gasteiger partial charge in [-0.05, 0) is 60.6 Å². The lowest BCUT2D eigenvalue weighted by atomic mass is 9.82. The molecule has 1 aromatic carbocycles. The maximum atomic E-state index is 12.2. The molecule has 0 bridgehead atoms. The van der Waals surface area contributed by atoms with E-state index in [2.05, 4.69) is 17.0 Å². The Labute approximate surface area is 170 Å². The summed E-state index contributed by atoms with van der Waals surface area (Å²) in [5.74, 6) is 0. The molecule has 0 spiro atoms. The number of piperazine rings is 1. The number of aliphatic hydroxyl groups is 1. The molecule has 1 radical (unpaired) electrons. The van der Waals surface area contributed by atoms with Crippen molar-refractivity contribution in [1.82, 2.24) is 4.90 Å². The van der Waals surface area contributed by atoms with Crippen LogP contribution in [-0.2, 0) is 9.39 Å². The third-order valence-corrected chi connectivity index (χ3v) is 5.15. The number of benzene rings is 1. The Morgan fingerprint density at radius 2 is 1.50 bits per heavy atom. The van der Waals surface area contributed by atoms with Gasteiger partial charge in [-0.2, -0.15) is 0 Å². The molecule has 0 atom stereocenters. The van der Waals surface area contributed by atoms with Crippen molar-refractivity contribution in [1.29, 1.82) is 0 Å². The first-order chi connectivity index (χ1) is 12.8. The first-order valence-electron chi connectivity index (χ1n) is 9.85. The lowest BCUT2D eigenvalue weighted by Gasteiger charge is -2.37. The molecule has 1 amide bonds. The summed E-state index contributed by atoms with van der Waals surface area (Å²) in [7, 11) is 1.68. The van der Waals surface area contributed by atoms with E-state index in [1.807, 2.05) is 46.8 Å². The van der Waals surface area contributed by atoms with Crippen LogP contribution in [-0.4, -0.2) is 66.6 Å². The van der Waals surface area contributed by atoms with Crippen LogP contribution in [0.4, 0.5) is 10.5 Å². The molecule has 0 aromatic heterocycles. The zero-order chi connectivity index (χ0) is 21.2. The van der Waals surface area contributed by atoms with Crippen molar-refractivity contribution in [2.45, 2.75) is 65.3 Å². The summed E-state index contributed by atoms with van der Waals surface area (Å²) in [5, 5.41) is 10.2. The zero-order valence-corrected chi connectivity index (χ0v) is 18.3. The topological polar surface area (TPSA) is 62.2 Å². The third kappa shape index (κ3) is 6.14. The van der Waals surface area contributed by atoms with E-state index in [0.717, 1.165) is 24.2 Å². The van der Waals surface area contributed by atoms with Gasteiger partial charge in [-0.25, -0.2) is 4.79 Å². The molecule has 28 heavy (non-hydrogen) atoms. The molecule has 0 saturated carbocycles. The predicted molar refractivity (Wildman–Crippen MR) is 113 cm³/mol. The number of rotatable bonds is 5. The van der Waals surface area contributed by atoms with Gasteiger partial charge in [0.05, 0.1) is 11.2 Å². The second kappa shape index (κ2) is 8.33. The van der Waals surface area contributed by atoms with Crippen molar-refractivity contribution >= 4 is 24.7 Å². The van der Waals surface area contributed by atoms with E-state index in [1.54, 1.807) is 26.2 Å². The number of carbonyl (C=O) groups excluding carboxylic acids is 1. The lowest BCUT2D eigenvalue weighted by Crippen LogP contribution is -2.50. The summed E-state index contributed by atoms with van der Waals surface area (Å²) in [6, 6.07) is 8.09. The van der Waals surface area contributed by atoms with Gasteiger partial charge >= 0.3 is 13.6 Å². The predicted octanol–water partition coefficient (Wildman–Crippen LogP) is 2.55. The summed E-state index contributed by atoms with van der Waals surface area (Å²) >= 11 is 0. The molecule has 0 unspecified atom stereocenters. The summed E-state index contributed by atoms with van der Waals surface area (Å²) in [6.07, 6.45) is -0.247. The van der Waals surface area contributed by atoms with Crippen LogP contribution in [0.2, 0.25) is 0 Å². The quantitative estimate of drug-likeness (QED) is 0.785. The maximum absolute atomic E-state index is 12.2. The van der Waals surface area contributed by atoms with Gasteiger partial charge in [-0.3, -0.25) is 0 Å². The molecule has 1 aliphatic heterocycles. The Balaban J connectivity index is 1.87. The molecule has 1 heterocycles. The normalized spacial score (nSPS) is 16.1. The number of anilines is 1. The van der Waals surface area contributed by atoms with E-state index in [4.69, 9.17) is 9.39 Å². The van der Waals surface area contributed by atoms with Crippen LogP contribution in [0.25, 0.3) is 0 Å². The van der Waals surface area contributed by atoms with Crippen LogP contribution in [0.5, 0.6) is 0 Å². The third-order valence-electron chi connectivity index (χ3n) is 5.15. The average Bonchev–Trinajstić information content (AvgIpc) is 2.58. The van der Waals surface area contributed by atoms with Crippen LogP contribution in [0, 0.1) is 0 Å². The highest BCUT2D eigenvalue weighted by Crippen LogP contribution is 2.24. The monoisotopic (exact) mass is 389 g/mol. The summed E-state index contributed by atoms with van der Waals surface area (Å²) < 4.78 is 11.2. The van der Waals surface area contributed by atoms with Crippen LogP contribution in [0.3, 0.4) is 0 Å². The number of carbonyl (C=O) groups is 1. The summed E-state index contributed by atoms with van der Waals surface area (Å²) in [4.78, 5) is 16.2. The van der Waals surface area contributed by atoms with Gasteiger partial charge in [0.1, 0.15) is 5.60 Å². The van der Waals surface area contributed by atoms with Crippen LogP contribution in [0.15, 0.2) is 24.3 Å². The van der Waals surface area contributed by atoms with Crippen molar-refractivity contribution in [3.63, 3.8) is 0 Å². The first-order valence-corrected chi connectivity index (χ1v) is 9.85. The zero-order valence-electron chi connectivity index (χ0n) is 18.3. The van der Waals surface area contributed by atoms with E-state index in [1.165, 1.54) is 0 Å². The second-order valence-corrected chi connectivity index (χ2v) is 9.35. The van der Waals surface area contributed by atoms with Gasteiger partial charge in [0.25, 0.3) is 0 Å². The molecule has 0 aliphatic carbocycles. The van der Waals surface area contributed by atoms with Gasteiger partial charge in [0, 0.05) is 31.9 Å². The van der Waals surface area contributed by atoms with E-state index < -0.39 is 16.8 Å². The Hall–Kier alpha value is -1.73. The van der Waals surface area contributed by atoms with Crippen molar-refractivity contribution < 1.29 is 19.3 Å². The fourth-order valence-electron chi connectivity index (χ4n) is 2.60. The Morgan fingerprint density at radius 1 is 0.964 bits per heavy atom. The summed E-state index contributed by atoms with van der Waals surface area (Å²) in [6.45, 7) is 15.7. The molecule has 1 aliphatic rings. The Kier molecular flexibility index (Phi) is 6.72. The van der Waals surface area contributed by atoms with E-state index in [-0.39, 0.29) is 6.09 Å². The van der Waals surface area contributed by atoms with Crippen LogP contribution < -0.4 is 10.4 Å². The fourth-order valence-corrected chi connectivity index (χ4v) is 2.60. The van der Waals surface area contributed by atoms with Gasteiger partial charge in [-0.15, -0.1) is 0 Å². The molecule has 1 saturated heterocycles. The second-order valence-electron chi connectivity index (χ2n) is 9.35.